The van der Waals surface area contributed by atoms with Crippen molar-refractivity contribution >= 4 is 16.0 Å². The van der Waals surface area contributed by atoms with Crippen molar-refractivity contribution in [2.45, 2.75) is 18.2 Å². The second kappa shape index (κ2) is 5.82. The second-order valence-corrected chi connectivity index (χ2v) is 4.78. The lowest BCUT2D eigenvalue weighted by Crippen LogP contribution is -2.28. The summed E-state index contributed by atoms with van der Waals surface area (Å²) in [6, 6.07) is 0. The molecule has 0 aliphatic carbocycles. The Labute approximate surface area is 97.5 Å². The van der Waals surface area contributed by atoms with Crippen molar-refractivity contribution in [2.75, 3.05) is 18.4 Å². The zero-order valence-corrected chi connectivity index (χ0v) is 9.84. The number of nitrogens with zero attached hydrogens (tertiary/aromatic N) is 2. The molecule has 9 heteroatoms. The molecule has 0 aliphatic rings. The van der Waals surface area contributed by atoms with Crippen LogP contribution in [0.2, 0.25) is 0 Å². The van der Waals surface area contributed by atoms with Crippen LogP contribution in [0.15, 0.2) is 17.3 Å². The topological polar surface area (TPSA) is 84.0 Å². The predicted octanol–water partition coefficient (Wildman–Crippen LogP) is 0.452. The van der Waals surface area contributed by atoms with Gasteiger partial charge >= 0.3 is 0 Å². The van der Waals surface area contributed by atoms with Gasteiger partial charge in [-0.2, -0.15) is 0 Å². The number of sulfonamides is 1. The second-order valence-electron chi connectivity index (χ2n) is 3.02. The number of aromatic nitrogens is 2. The van der Waals surface area contributed by atoms with Gasteiger partial charge in [-0.1, -0.05) is 0 Å². The first kappa shape index (κ1) is 13.7. The summed E-state index contributed by atoms with van der Waals surface area (Å²) in [4.78, 5) is 7.22. The quantitative estimate of drug-likeness (QED) is 0.781. The average Bonchev–Trinajstić information content (AvgIpc) is 2.28. The maximum absolute atomic E-state index is 11.9. The van der Waals surface area contributed by atoms with Crippen molar-refractivity contribution in [3.8, 4) is 0 Å². The monoisotopic (exact) mass is 266 g/mol. The van der Waals surface area contributed by atoms with Gasteiger partial charge in [-0.15, -0.1) is 0 Å². The van der Waals surface area contributed by atoms with Gasteiger partial charge in [0, 0.05) is 6.54 Å². The Morgan fingerprint density at radius 2 is 1.94 bits per heavy atom. The molecule has 0 fully saturated rings. The zero-order chi connectivity index (χ0) is 12.9. The number of anilines is 1. The van der Waals surface area contributed by atoms with Gasteiger partial charge in [-0.25, -0.2) is 31.9 Å². The lowest BCUT2D eigenvalue weighted by Gasteiger charge is -2.06. The van der Waals surface area contributed by atoms with Crippen LogP contribution < -0.4 is 10.0 Å². The molecule has 1 aromatic heterocycles. The van der Waals surface area contributed by atoms with Crippen LogP contribution in [-0.4, -0.2) is 37.9 Å². The summed E-state index contributed by atoms with van der Waals surface area (Å²) < 4.78 is 48.4. The van der Waals surface area contributed by atoms with Gasteiger partial charge in [-0.3, -0.25) is 0 Å². The van der Waals surface area contributed by atoms with E-state index < -0.39 is 23.0 Å². The van der Waals surface area contributed by atoms with Gasteiger partial charge in [0.15, 0.2) is 0 Å². The maximum Gasteiger partial charge on any atom is 0.251 e. The van der Waals surface area contributed by atoms with Crippen LogP contribution in [0.25, 0.3) is 0 Å². The van der Waals surface area contributed by atoms with Gasteiger partial charge < -0.3 is 5.32 Å². The van der Waals surface area contributed by atoms with Crippen LogP contribution in [-0.2, 0) is 10.0 Å². The van der Waals surface area contributed by atoms with Gasteiger partial charge in [0.25, 0.3) is 6.43 Å². The molecule has 2 N–H and O–H groups in total. The Hall–Kier alpha value is -1.35. The van der Waals surface area contributed by atoms with Crippen LogP contribution in [0.5, 0.6) is 0 Å². The van der Waals surface area contributed by atoms with Crippen molar-refractivity contribution < 1.29 is 17.2 Å². The van der Waals surface area contributed by atoms with E-state index in [-0.39, 0.29) is 10.8 Å². The third kappa shape index (κ3) is 4.19. The standard InChI is InChI=1S/C8H12F2N4O2S/c1-2-11-8-12-3-6(4-13-8)17(15,16)14-5-7(9)10/h3-4,7,14H,2,5H2,1H3,(H,11,12,13). The predicted molar refractivity (Wildman–Crippen MR) is 57.4 cm³/mol. The molecule has 1 rings (SSSR count). The fourth-order valence-corrected chi connectivity index (χ4v) is 1.86. The van der Waals surface area contributed by atoms with Gasteiger partial charge in [0.1, 0.15) is 4.90 Å². The lowest BCUT2D eigenvalue weighted by atomic mass is 10.6. The van der Waals surface area contributed by atoms with E-state index in [9.17, 15) is 17.2 Å². The molecule has 0 amide bonds. The van der Waals surface area contributed by atoms with Gasteiger partial charge in [-0.05, 0) is 6.92 Å². The highest BCUT2D eigenvalue weighted by Gasteiger charge is 2.17. The van der Waals surface area contributed by atoms with Crippen LogP contribution in [0.1, 0.15) is 6.92 Å². The van der Waals surface area contributed by atoms with E-state index in [4.69, 9.17) is 0 Å². The molecule has 1 aromatic rings. The molecule has 0 spiro atoms. The van der Waals surface area contributed by atoms with Crippen molar-refractivity contribution in [3.63, 3.8) is 0 Å². The average molecular weight is 266 g/mol. The Morgan fingerprint density at radius 1 is 1.35 bits per heavy atom. The van der Waals surface area contributed by atoms with Crippen molar-refractivity contribution in [1.29, 1.82) is 0 Å². The lowest BCUT2D eigenvalue weighted by molar-refractivity contribution is 0.153. The number of hydrogen-bond acceptors (Lipinski definition) is 5. The molecule has 1 heterocycles. The molecular formula is C8H12F2N4O2S. The summed E-state index contributed by atoms with van der Waals surface area (Å²) in [6.07, 6.45) is -0.635. The molecule has 0 radical (unpaired) electrons. The highest BCUT2D eigenvalue weighted by Crippen LogP contribution is 2.07. The minimum absolute atomic E-state index is 0.250. The highest BCUT2D eigenvalue weighted by molar-refractivity contribution is 7.89. The molecule has 0 bridgehead atoms. The summed E-state index contributed by atoms with van der Waals surface area (Å²) in [5.74, 6) is 0.278. The first-order chi connectivity index (χ1) is 7.95. The third-order valence-electron chi connectivity index (χ3n) is 1.70. The Balaban J connectivity index is 2.77. The van der Waals surface area contributed by atoms with E-state index in [0.717, 1.165) is 12.4 Å². The SMILES string of the molecule is CCNc1ncc(S(=O)(=O)NCC(F)F)cn1. The summed E-state index contributed by atoms with van der Waals surface area (Å²) in [5.41, 5.74) is 0. The molecular weight excluding hydrogens is 254 g/mol. The zero-order valence-electron chi connectivity index (χ0n) is 9.02. The van der Waals surface area contributed by atoms with E-state index in [1.54, 1.807) is 4.72 Å². The molecule has 17 heavy (non-hydrogen) atoms. The minimum Gasteiger partial charge on any atom is -0.355 e. The van der Waals surface area contributed by atoms with E-state index in [2.05, 4.69) is 15.3 Å². The van der Waals surface area contributed by atoms with Crippen LogP contribution in [0.3, 0.4) is 0 Å². The van der Waals surface area contributed by atoms with Crippen LogP contribution in [0, 0.1) is 0 Å². The van der Waals surface area contributed by atoms with E-state index in [0.29, 0.717) is 6.54 Å². The molecule has 0 unspecified atom stereocenters. The molecule has 0 aromatic carbocycles. The Morgan fingerprint density at radius 3 is 2.41 bits per heavy atom. The smallest absolute Gasteiger partial charge is 0.251 e. The number of rotatable bonds is 6. The highest BCUT2D eigenvalue weighted by atomic mass is 32.2. The molecule has 6 nitrogen and oxygen atoms in total. The summed E-state index contributed by atoms with van der Waals surface area (Å²) in [7, 11) is -3.97. The van der Waals surface area contributed by atoms with Crippen molar-refractivity contribution in [3.05, 3.63) is 12.4 Å². The first-order valence-electron chi connectivity index (χ1n) is 4.79. The summed E-state index contributed by atoms with van der Waals surface area (Å²) in [5, 5.41) is 2.78. The first-order valence-corrected chi connectivity index (χ1v) is 6.27. The van der Waals surface area contributed by atoms with Crippen molar-refractivity contribution in [1.82, 2.24) is 14.7 Å². The normalized spacial score (nSPS) is 11.8. The summed E-state index contributed by atoms with van der Waals surface area (Å²) >= 11 is 0. The molecule has 0 saturated heterocycles. The Kier molecular flexibility index (Phi) is 4.70. The summed E-state index contributed by atoms with van der Waals surface area (Å²) in [6.45, 7) is 1.49. The van der Waals surface area contributed by atoms with Crippen LogP contribution >= 0.6 is 0 Å². The van der Waals surface area contributed by atoms with E-state index in [1.165, 1.54) is 0 Å². The molecule has 0 aliphatic heterocycles. The number of alkyl halides is 2. The molecule has 0 atom stereocenters. The fraction of sp³-hybridized carbons (Fsp3) is 0.500. The van der Waals surface area contributed by atoms with Crippen LogP contribution in [0.4, 0.5) is 14.7 Å². The van der Waals surface area contributed by atoms with E-state index >= 15 is 0 Å². The molecule has 96 valence electrons. The van der Waals surface area contributed by atoms with Crippen molar-refractivity contribution in [2.24, 2.45) is 0 Å². The largest absolute Gasteiger partial charge is 0.355 e. The van der Waals surface area contributed by atoms with Gasteiger partial charge in [0.05, 0.1) is 18.9 Å². The third-order valence-corrected chi connectivity index (χ3v) is 3.08. The minimum atomic E-state index is -3.97. The van der Waals surface area contributed by atoms with E-state index in [1.807, 2.05) is 6.92 Å². The Bertz CT molecular complexity index is 449. The fourth-order valence-electron chi connectivity index (χ4n) is 0.960. The number of halogens is 2. The molecule has 0 saturated carbocycles. The number of hydrogen-bond donors (Lipinski definition) is 2. The van der Waals surface area contributed by atoms with Gasteiger partial charge in [0.2, 0.25) is 16.0 Å². The maximum atomic E-state index is 11.9. The number of nitrogens with one attached hydrogen (secondary N) is 2.